The molecule has 1 aromatic rings. The van der Waals surface area contributed by atoms with Crippen LogP contribution in [0.5, 0.6) is 0 Å². The number of nitrogens with one attached hydrogen (secondary N) is 2. The van der Waals surface area contributed by atoms with Crippen molar-refractivity contribution in [2.24, 2.45) is 0 Å². The number of carbonyl (C=O) groups is 2. The highest BCUT2D eigenvalue weighted by Crippen LogP contribution is 2.22. The van der Waals surface area contributed by atoms with Gasteiger partial charge in [-0.1, -0.05) is 23.2 Å². The van der Waals surface area contributed by atoms with E-state index in [1.807, 2.05) is 0 Å². The van der Waals surface area contributed by atoms with E-state index in [0.717, 1.165) is 0 Å². The summed E-state index contributed by atoms with van der Waals surface area (Å²) in [7, 11) is 1.25. The summed E-state index contributed by atoms with van der Waals surface area (Å²) in [5.41, 5.74) is 0.432. The summed E-state index contributed by atoms with van der Waals surface area (Å²) >= 11 is 11.6. The Morgan fingerprint density at radius 1 is 1.22 bits per heavy atom. The monoisotopic (exact) mass is 290 g/mol. The molecule has 2 N–H and O–H groups in total. The largest absolute Gasteiger partial charge is 0.467 e. The number of benzene rings is 1. The van der Waals surface area contributed by atoms with Crippen LogP contribution in [0, 0.1) is 0 Å². The Hall–Kier alpha value is -1.46. The van der Waals surface area contributed by atoms with Crippen LogP contribution in [-0.4, -0.2) is 25.2 Å². The average Bonchev–Trinajstić information content (AvgIpc) is 2.25. The maximum absolute atomic E-state index is 11.5. The molecule has 98 valence electrons. The van der Waals surface area contributed by atoms with E-state index in [9.17, 15) is 9.59 Å². The van der Waals surface area contributed by atoms with Crippen LogP contribution in [0.3, 0.4) is 0 Å². The van der Waals surface area contributed by atoms with Crippen molar-refractivity contribution in [3.05, 3.63) is 28.2 Å². The number of halogens is 2. The van der Waals surface area contributed by atoms with Crippen molar-refractivity contribution in [1.29, 1.82) is 0 Å². The van der Waals surface area contributed by atoms with E-state index in [0.29, 0.717) is 15.7 Å². The van der Waals surface area contributed by atoms with Crippen molar-refractivity contribution in [1.82, 2.24) is 5.32 Å². The molecule has 2 amide bonds. The van der Waals surface area contributed by atoms with Gasteiger partial charge in [-0.15, -0.1) is 0 Å². The normalized spacial score (nSPS) is 11.6. The van der Waals surface area contributed by atoms with Crippen LogP contribution in [0.2, 0.25) is 10.0 Å². The zero-order chi connectivity index (χ0) is 13.7. The van der Waals surface area contributed by atoms with Gasteiger partial charge in [0, 0.05) is 15.7 Å². The fourth-order valence-electron chi connectivity index (χ4n) is 1.23. The maximum Gasteiger partial charge on any atom is 0.328 e. The van der Waals surface area contributed by atoms with E-state index in [1.54, 1.807) is 6.07 Å². The zero-order valence-corrected chi connectivity index (χ0v) is 11.3. The van der Waals surface area contributed by atoms with Crippen molar-refractivity contribution in [3.63, 3.8) is 0 Å². The van der Waals surface area contributed by atoms with Crippen LogP contribution >= 0.6 is 23.2 Å². The van der Waals surface area contributed by atoms with Gasteiger partial charge in [0.2, 0.25) is 0 Å². The molecule has 1 atom stereocenters. The highest BCUT2D eigenvalue weighted by molar-refractivity contribution is 6.35. The summed E-state index contributed by atoms with van der Waals surface area (Å²) in [5.74, 6) is -0.533. The van der Waals surface area contributed by atoms with Gasteiger partial charge < -0.3 is 15.4 Å². The van der Waals surface area contributed by atoms with E-state index < -0.39 is 18.0 Å². The van der Waals surface area contributed by atoms with Crippen LogP contribution in [0.1, 0.15) is 6.92 Å². The minimum absolute atomic E-state index is 0.402. The molecule has 1 aromatic carbocycles. The van der Waals surface area contributed by atoms with E-state index in [4.69, 9.17) is 23.2 Å². The van der Waals surface area contributed by atoms with Gasteiger partial charge in [-0.25, -0.2) is 9.59 Å². The lowest BCUT2D eigenvalue weighted by molar-refractivity contribution is -0.142. The topological polar surface area (TPSA) is 67.4 Å². The third kappa shape index (κ3) is 4.43. The molecule has 5 nitrogen and oxygen atoms in total. The number of hydrogen-bond donors (Lipinski definition) is 2. The molecule has 0 aromatic heterocycles. The van der Waals surface area contributed by atoms with Crippen molar-refractivity contribution < 1.29 is 14.3 Å². The average molecular weight is 291 g/mol. The van der Waals surface area contributed by atoms with Crippen LogP contribution in [0.15, 0.2) is 18.2 Å². The smallest absolute Gasteiger partial charge is 0.328 e. The minimum Gasteiger partial charge on any atom is -0.467 e. The molecule has 7 heteroatoms. The summed E-state index contributed by atoms with van der Waals surface area (Å²) in [6.45, 7) is 1.51. The minimum atomic E-state index is -0.746. The Balaban J connectivity index is 2.62. The van der Waals surface area contributed by atoms with Crippen LogP contribution in [0.4, 0.5) is 10.5 Å². The van der Waals surface area contributed by atoms with Crippen LogP contribution in [-0.2, 0) is 9.53 Å². The summed E-state index contributed by atoms with van der Waals surface area (Å²) < 4.78 is 4.48. The van der Waals surface area contributed by atoms with Crippen LogP contribution < -0.4 is 10.6 Å². The van der Waals surface area contributed by atoms with Crippen molar-refractivity contribution in [2.75, 3.05) is 12.4 Å². The first kappa shape index (κ1) is 14.6. The summed E-state index contributed by atoms with van der Waals surface area (Å²) in [6, 6.07) is 3.32. The number of ether oxygens (including phenoxy) is 1. The highest BCUT2D eigenvalue weighted by Gasteiger charge is 2.15. The molecule has 0 heterocycles. The maximum atomic E-state index is 11.5. The number of rotatable bonds is 3. The molecule has 1 unspecified atom stereocenters. The molecule has 1 rings (SSSR count). The molecule has 0 saturated carbocycles. The van der Waals surface area contributed by atoms with Gasteiger partial charge in [0.25, 0.3) is 0 Å². The zero-order valence-electron chi connectivity index (χ0n) is 9.79. The summed E-state index contributed by atoms with van der Waals surface area (Å²) in [6.07, 6.45) is 0. The standard InChI is InChI=1S/C11H12Cl2N2O3/c1-6(10(16)18-2)14-11(17)15-9-4-7(12)3-8(13)5-9/h3-6H,1-2H3,(H2,14,15,17). The first-order valence-corrected chi connectivity index (χ1v) is 5.79. The van der Waals surface area contributed by atoms with Gasteiger partial charge in [0.15, 0.2) is 0 Å². The van der Waals surface area contributed by atoms with Crippen LogP contribution in [0.25, 0.3) is 0 Å². The fourth-order valence-corrected chi connectivity index (χ4v) is 1.75. The molecule has 0 aliphatic carbocycles. The molecular weight excluding hydrogens is 279 g/mol. The second-order valence-corrected chi connectivity index (χ2v) is 4.37. The molecule has 0 bridgehead atoms. The molecule has 0 aliphatic rings. The van der Waals surface area contributed by atoms with Gasteiger partial charge >= 0.3 is 12.0 Å². The van der Waals surface area contributed by atoms with Gasteiger partial charge in [-0.2, -0.15) is 0 Å². The third-order valence-electron chi connectivity index (χ3n) is 2.02. The lowest BCUT2D eigenvalue weighted by Gasteiger charge is -2.12. The van der Waals surface area contributed by atoms with Crippen molar-refractivity contribution in [3.8, 4) is 0 Å². The number of esters is 1. The van der Waals surface area contributed by atoms with Gasteiger partial charge in [0.05, 0.1) is 7.11 Å². The SMILES string of the molecule is COC(=O)C(C)NC(=O)Nc1cc(Cl)cc(Cl)c1. The molecule has 0 fully saturated rings. The molecule has 18 heavy (non-hydrogen) atoms. The summed E-state index contributed by atoms with van der Waals surface area (Å²) in [5, 5.41) is 5.72. The lowest BCUT2D eigenvalue weighted by atomic mass is 10.3. The Bertz CT molecular complexity index is 445. The first-order chi connectivity index (χ1) is 8.42. The third-order valence-corrected chi connectivity index (χ3v) is 2.46. The number of urea groups is 1. The van der Waals surface area contributed by atoms with E-state index in [1.165, 1.54) is 26.2 Å². The number of carbonyl (C=O) groups excluding carboxylic acids is 2. The van der Waals surface area contributed by atoms with Crippen molar-refractivity contribution in [2.45, 2.75) is 13.0 Å². The molecule has 0 aliphatic heterocycles. The van der Waals surface area contributed by atoms with Gasteiger partial charge in [0.1, 0.15) is 6.04 Å². The predicted octanol–water partition coefficient (Wildman–Crippen LogP) is 2.68. The van der Waals surface area contributed by atoms with Gasteiger partial charge in [-0.05, 0) is 25.1 Å². The number of amides is 2. The molecule has 0 radical (unpaired) electrons. The summed E-state index contributed by atoms with van der Waals surface area (Å²) in [4.78, 5) is 22.7. The molecule has 0 saturated heterocycles. The predicted molar refractivity (Wildman–Crippen MR) is 70.1 cm³/mol. The highest BCUT2D eigenvalue weighted by atomic mass is 35.5. The molecule has 0 spiro atoms. The van der Waals surface area contributed by atoms with E-state index in [2.05, 4.69) is 15.4 Å². The Morgan fingerprint density at radius 2 is 1.78 bits per heavy atom. The number of hydrogen-bond acceptors (Lipinski definition) is 3. The lowest BCUT2D eigenvalue weighted by Crippen LogP contribution is -2.41. The van der Waals surface area contributed by atoms with Crippen molar-refractivity contribution >= 4 is 40.9 Å². The quantitative estimate of drug-likeness (QED) is 0.841. The second kappa shape index (κ2) is 6.47. The molecular formula is C11H12Cl2N2O3. The number of anilines is 1. The van der Waals surface area contributed by atoms with E-state index in [-0.39, 0.29) is 0 Å². The Labute approximate surface area is 114 Å². The first-order valence-electron chi connectivity index (χ1n) is 5.04. The fraction of sp³-hybridized carbons (Fsp3) is 0.273. The Morgan fingerprint density at radius 3 is 2.28 bits per heavy atom. The second-order valence-electron chi connectivity index (χ2n) is 3.50. The number of methoxy groups -OCH3 is 1. The van der Waals surface area contributed by atoms with E-state index >= 15 is 0 Å². The van der Waals surface area contributed by atoms with Gasteiger partial charge in [-0.3, -0.25) is 0 Å². The Kier molecular flexibility index (Phi) is 5.25.